The smallest absolute Gasteiger partial charge is 0.109 e. The topological polar surface area (TPSA) is 26.1 Å². The first-order chi connectivity index (χ1) is 21.1. The van der Waals surface area contributed by atoms with Crippen LogP contribution in [0.25, 0.3) is 33.1 Å². The quantitative estimate of drug-likeness (QED) is 0.167. The minimum atomic E-state index is 0. The van der Waals surface area contributed by atoms with Crippen molar-refractivity contribution in [2.24, 2.45) is 0 Å². The summed E-state index contributed by atoms with van der Waals surface area (Å²) in [4.78, 5) is 8.06. The monoisotopic (exact) mass is 942 g/mol. The Labute approximate surface area is 292 Å². The molecule has 0 unspecified atom stereocenters. The van der Waals surface area contributed by atoms with E-state index in [4.69, 9.17) is 4.42 Å². The fourth-order valence-corrected chi connectivity index (χ4v) is 4.50. The van der Waals surface area contributed by atoms with Crippen molar-refractivity contribution < 1.29 is 44.6 Å². The summed E-state index contributed by atoms with van der Waals surface area (Å²) in [5, 5.41) is 2.05. The Kier molecular flexibility index (Phi) is 12.2. The van der Waals surface area contributed by atoms with Crippen LogP contribution >= 0.6 is 0 Å². The van der Waals surface area contributed by atoms with Crippen molar-refractivity contribution in [1.82, 2.24) is 9.80 Å². The Bertz CT molecular complexity index is 1760. The molecule has 0 fully saturated rings. The molecule has 2 aliphatic heterocycles. The van der Waals surface area contributed by atoms with Gasteiger partial charge in [0.2, 0.25) is 0 Å². The summed E-state index contributed by atoms with van der Waals surface area (Å²) in [6, 6.07) is 50.4. The van der Waals surface area contributed by atoms with Crippen molar-refractivity contribution in [1.29, 1.82) is 0 Å². The predicted molar refractivity (Wildman–Crippen MR) is 172 cm³/mol. The van der Waals surface area contributed by atoms with Crippen molar-refractivity contribution in [3.05, 3.63) is 172 Å². The maximum absolute atomic E-state index is 5.76. The molecule has 0 amide bonds. The minimum absolute atomic E-state index is 0. The Hall–Kier alpha value is -4.12. The summed E-state index contributed by atoms with van der Waals surface area (Å²) in [6.45, 7) is 4.01. The van der Waals surface area contributed by atoms with E-state index in [0.717, 1.165) is 44.4 Å². The van der Waals surface area contributed by atoms with E-state index in [1.165, 1.54) is 0 Å². The molecule has 0 saturated heterocycles. The third-order valence-corrected chi connectivity index (χ3v) is 6.60. The van der Waals surface area contributed by atoms with Gasteiger partial charge in [-0.3, -0.25) is 12.1 Å². The molecule has 8 rings (SSSR count). The molecule has 2 aliphatic rings. The van der Waals surface area contributed by atoms with Crippen LogP contribution in [0, 0.1) is 49.7 Å². The third-order valence-electron chi connectivity index (χ3n) is 6.60. The average Bonchev–Trinajstić information content (AvgIpc) is 3.81. The van der Waals surface area contributed by atoms with E-state index >= 15 is 0 Å². The molecule has 2 radical (unpaired) electrons. The van der Waals surface area contributed by atoms with Crippen LogP contribution in [0.2, 0.25) is 0 Å². The van der Waals surface area contributed by atoms with Gasteiger partial charge in [0.05, 0.1) is 0 Å². The second kappa shape index (κ2) is 16.3. The Balaban J connectivity index is 0.000000157. The summed E-state index contributed by atoms with van der Waals surface area (Å²) < 4.78 is 5.76. The number of fused-ring (bicyclic) bond motifs is 3. The molecule has 0 spiro atoms. The van der Waals surface area contributed by atoms with Gasteiger partial charge in [0.25, 0.3) is 0 Å². The molecule has 7 heteroatoms. The largest absolute Gasteiger partial charge is 0.546 e. The molecule has 3 heterocycles. The molecule has 1 aromatic heterocycles. The van der Waals surface area contributed by atoms with Crippen LogP contribution in [0.1, 0.15) is 0 Å². The average molecular weight is 941 g/mol. The van der Waals surface area contributed by atoms with E-state index in [-0.39, 0.29) is 40.2 Å². The number of hydrogen-bond acceptors (Lipinski definition) is 5. The fourth-order valence-electron chi connectivity index (χ4n) is 4.50. The summed E-state index contributed by atoms with van der Waals surface area (Å²) in [5.74, 6) is 0. The molecule has 5 nitrogen and oxygen atoms in total. The maximum atomic E-state index is 5.76. The van der Waals surface area contributed by atoms with E-state index in [0.29, 0.717) is 0 Å². The molecular formula is C38H28Ir2N4O-8. The van der Waals surface area contributed by atoms with Gasteiger partial charge >= 0.3 is 0 Å². The Morgan fingerprint density at radius 3 is 1.64 bits per heavy atom. The van der Waals surface area contributed by atoms with Crippen molar-refractivity contribution in [2.75, 3.05) is 23.9 Å². The molecule has 5 aromatic carbocycles. The molecule has 0 bridgehead atoms. The normalized spacial score (nSPS) is 13.1. The SMILES string of the molecule is CN1C=CN(c2[c-]cccc2)[CH-]1.CN1C=CN(c2[c-]cccc2)[CH-]1.[Ir].[Ir].[c-]1ccc[c-]c1-c1[c-]cc2oc3ccccc3c2[c-]1. The first-order valence-corrected chi connectivity index (χ1v) is 13.8. The second-order valence-corrected chi connectivity index (χ2v) is 9.78. The zero-order valence-corrected chi connectivity index (χ0v) is 29.4. The number of rotatable bonds is 3. The van der Waals surface area contributed by atoms with Gasteiger partial charge in [-0.1, -0.05) is 18.2 Å². The van der Waals surface area contributed by atoms with Crippen molar-refractivity contribution in [3.8, 4) is 11.1 Å². The van der Waals surface area contributed by atoms with E-state index in [9.17, 15) is 0 Å². The van der Waals surface area contributed by atoms with Gasteiger partial charge in [-0.2, -0.15) is 79.4 Å². The van der Waals surface area contributed by atoms with Gasteiger partial charge in [0.15, 0.2) is 0 Å². The second-order valence-electron chi connectivity index (χ2n) is 9.78. The minimum Gasteiger partial charge on any atom is -0.546 e. The van der Waals surface area contributed by atoms with Gasteiger partial charge in [-0.25, -0.2) is 12.1 Å². The van der Waals surface area contributed by atoms with Crippen LogP contribution in [0.4, 0.5) is 11.4 Å². The number of anilines is 2. The van der Waals surface area contributed by atoms with Crippen molar-refractivity contribution in [3.63, 3.8) is 0 Å². The molecule has 0 saturated carbocycles. The number of furan rings is 1. The van der Waals surface area contributed by atoms with Crippen LogP contribution < -0.4 is 9.80 Å². The van der Waals surface area contributed by atoms with Gasteiger partial charge in [-0.15, -0.1) is 11.4 Å². The molecular weight excluding hydrogens is 913 g/mol. The van der Waals surface area contributed by atoms with E-state index in [1.807, 2.05) is 169 Å². The van der Waals surface area contributed by atoms with Crippen molar-refractivity contribution >= 4 is 33.3 Å². The molecule has 6 aromatic rings. The summed E-state index contributed by atoms with van der Waals surface area (Å²) in [5.41, 5.74) is 5.55. The first-order valence-electron chi connectivity index (χ1n) is 13.8. The van der Waals surface area contributed by atoms with E-state index < -0.39 is 0 Å². The molecule has 45 heavy (non-hydrogen) atoms. The van der Waals surface area contributed by atoms with E-state index in [2.05, 4.69) is 36.4 Å². The summed E-state index contributed by atoms with van der Waals surface area (Å²) >= 11 is 0. The molecule has 0 atom stereocenters. The van der Waals surface area contributed by atoms with E-state index in [1.54, 1.807) is 0 Å². The van der Waals surface area contributed by atoms with Gasteiger partial charge < -0.3 is 59.4 Å². The fraction of sp³-hybridized carbons (Fsp3) is 0.0526. The number of benzene rings is 5. The third kappa shape index (κ3) is 8.53. The predicted octanol–water partition coefficient (Wildman–Crippen LogP) is 8.11. The maximum Gasteiger partial charge on any atom is 0.109 e. The summed E-state index contributed by atoms with van der Waals surface area (Å²) in [7, 11) is 4.00. The van der Waals surface area contributed by atoms with Crippen LogP contribution in [0.5, 0.6) is 0 Å². The van der Waals surface area contributed by atoms with Crippen molar-refractivity contribution in [2.45, 2.75) is 0 Å². The zero-order chi connectivity index (χ0) is 29.4. The van der Waals surface area contributed by atoms with Gasteiger partial charge in [0, 0.05) is 40.2 Å². The Morgan fingerprint density at radius 1 is 0.556 bits per heavy atom. The van der Waals surface area contributed by atoms with Gasteiger partial charge in [0.1, 0.15) is 5.58 Å². The van der Waals surface area contributed by atoms with Crippen LogP contribution in [-0.4, -0.2) is 23.9 Å². The number of hydrogen-bond donors (Lipinski definition) is 0. The van der Waals surface area contributed by atoms with Crippen LogP contribution in [0.15, 0.2) is 126 Å². The van der Waals surface area contributed by atoms with Gasteiger partial charge in [-0.05, 0) is 55.9 Å². The standard InChI is InChI=1S/C18H8O.2C10H10N2.2Ir/c1-2-6-13(7-3-1)14-10-11-18-16(12-14)15-8-4-5-9-17(15)19-18;2*1-11-7-8-12(9-11)10-5-3-2-4-6-10;;/h1-5,8-9,11H;2*2-5,7-9H,1H3;;/q-4;2*-2;;. The van der Waals surface area contributed by atoms with Crippen LogP contribution in [0.3, 0.4) is 0 Å². The number of para-hydroxylation sites is 3. The summed E-state index contributed by atoms with van der Waals surface area (Å²) in [6.07, 6.45) is 8.01. The molecule has 0 aliphatic carbocycles. The number of nitrogens with zero attached hydrogens (tertiary/aromatic N) is 4. The Morgan fingerprint density at radius 2 is 1.11 bits per heavy atom. The zero-order valence-electron chi connectivity index (χ0n) is 24.6. The first kappa shape index (κ1) is 33.8. The molecule has 0 N–H and O–H groups in total. The molecule has 232 valence electrons. The van der Waals surface area contributed by atoms with Crippen LogP contribution in [-0.2, 0) is 40.2 Å².